The van der Waals surface area contributed by atoms with Crippen molar-refractivity contribution in [1.29, 1.82) is 0 Å². The van der Waals surface area contributed by atoms with Crippen LogP contribution in [0.15, 0.2) is 18.2 Å². The smallest absolute Gasteiger partial charge is 0.407 e. The second-order valence-electron chi connectivity index (χ2n) is 9.21. The molecule has 7 nitrogen and oxygen atoms in total. The summed E-state index contributed by atoms with van der Waals surface area (Å²) in [6, 6.07) is 5.17. The molecule has 0 spiro atoms. The highest BCUT2D eigenvalue weighted by Gasteiger charge is 2.39. The van der Waals surface area contributed by atoms with Crippen LogP contribution >= 0.6 is 11.6 Å². The highest BCUT2D eigenvalue weighted by Crippen LogP contribution is 2.48. The third-order valence-electron chi connectivity index (χ3n) is 6.83. The van der Waals surface area contributed by atoms with Crippen LogP contribution in [0.3, 0.4) is 0 Å². The van der Waals surface area contributed by atoms with Crippen LogP contribution in [0.5, 0.6) is 0 Å². The number of hydrogen-bond acceptors (Lipinski definition) is 4. The van der Waals surface area contributed by atoms with Gasteiger partial charge < -0.3 is 25.2 Å². The number of carbonyl (C=O) groups is 2. The molecule has 9 heteroatoms. The summed E-state index contributed by atoms with van der Waals surface area (Å²) in [5.41, 5.74) is 1.37. The van der Waals surface area contributed by atoms with Crippen LogP contribution in [-0.4, -0.2) is 64.7 Å². The van der Waals surface area contributed by atoms with Crippen LogP contribution in [0.25, 0.3) is 0 Å². The maximum atomic E-state index is 12.9. The van der Waals surface area contributed by atoms with E-state index in [4.69, 9.17) is 11.6 Å². The quantitative estimate of drug-likeness (QED) is 0.412. The largest absolute Gasteiger partial charge is 0.617 e. The van der Waals surface area contributed by atoms with E-state index in [0.717, 1.165) is 5.92 Å². The number of nitrogens with zero attached hydrogens (tertiary/aromatic N) is 1. The van der Waals surface area contributed by atoms with E-state index in [0.29, 0.717) is 35.1 Å². The van der Waals surface area contributed by atoms with Gasteiger partial charge >= 0.3 is 6.09 Å². The van der Waals surface area contributed by atoms with E-state index < -0.39 is 17.3 Å². The number of nitrogens with one attached hydrogen (secondary N) is 2. The molecule has 2 fully saturated rings. The minimum absolute atomic E-state index is 0. The van der Waals surface area contributed by atoms with E-state index in [1.165, 1.54) is 49.8 Å². The molecule has 2 aliphatic carbocycles. The molecule has 1 atom stereocenters. The molecule has 0 aromatic heterocycles. The molecule has 1 aromatic carbocycles. The summed E-state index contributed by atoms with van der Waals surface area (Å²) in [6.45, 7) is 1.54. The van der Waals surface area contributed by atoms with E-state index in [9.17, 15) is 19.2 Å². The molecule has 0 aliphatic heterocycles. The number of carbonyl (C=O) groups excluding carboxylic acids is 1. The first kappa shape index (κ1) is 27.6. The second-order valence-corrected chi connectivity index (χ2v) is 11.2. The zero-order valence-corrected chi connectivity index (χ0v) is 21.0. The molecule has 33 heavy (non-hydrogen) atoms. The lowest BCUT2D eigenvalue weighted by atomic mass is 9.62. The third kappa shape index (κ3) is 7.97. The topological polar surface area (TPSA) is 105 Å². The summed E-state index contributed by atoms with van der Waals surface area (Å²) in [4.78, 5) is 25.5. The normalized spacial score (nSPS) is 22.6. The number of fused-ring (bicyclic) bond motifs is 2. The van der Waals surface area contributed by atoms with Crippen LogP contribution in [0.4, 0.5) is 10.5 Å². The fourth-order valence-corrected chi connectivity index (χ4v) is 5.80. The molecule has 3 rings (SSSR count). The first-order valence-corrected chi connectivity index (χ1v) is 13.5. The molecule has 2 bridgehead atoms. The maximum Gasteiger partial charge on any atom is 0.407 e. The molecule has 2 radical (unpaired) electrons. The van der Waals surface area contributed by atoms with Crippen molar-refractivity contribution >= 4 is 40.5 Å². The summed E-state index contributed by atoms with van der Waals surface area (Å²) < 4.78 is 11.2. The lowest BCUT2D eigenvalue weighted by Gasteiger charge is -2.45. The van der Waals surface area contributed by atoms with Gasteiger partial charge in [-0.2, -0.15) is 0 Å². The van der Waals surface area contributed by atoms with Gasteiger partial charge in [0, 0.05) is 25.3 Å². The van der Waals surface area contributed by atoms with E-state index in [1.807, 2.05) is 0 Å². The van der Waals surface area contributed by atoms with Crippen molar-refractivity contribution in [1.82, 2.24) is 10.2 Å². The fraction of sp³-hybridized carbons (Fsp3) is 0.625. The van der Waals surface area contributed by atoms with Crippen molar-refractivity contribution in [3.8, 4) is 0 Å². The van der Waals surface area contributed by atoms with Crippen LogP contribution in [0.2, 0.25) is 5.02 Å². The minimum atomic E-state index is -1.05. The lowest BCUT2D eigenvalue weighted by molar-refractivity contribution is 0.0682. The van der Waals surface area contributed by atoms with Crippen LogP contribution in [-0.2, 0) is 11.2 Å². The van der Waals surface area contributed by atoms with E-state index in [2.05, 4.69) is 10.6 Å². The number of hydrogen-bond donors (Lipinski definition) is 3. The van der Waals surface area contributed by atoms with E-state index in [1.54, 1.807) is 24.5 Å². The van der Waals surface area contributed by atoms with E-state index in [-0.39, 0.29) is 31.8 Å². The predicted molar refractivity (Wildman–Crippen MR) is 134 cm³/mol. The summed E-state index contributed by atoms with van der Waals surface area (Å²) in [5.74, 6) is 0.950. The van der Waals surface area contributed by atoms with Crippen molar-refractivity contribution in [3.63, 3.8) is 0 Å². The van der Waals surface area contributed by atoms with Crippen molar-refractivity contribution in [3.05, 3.63) is 36.2 Å². The average Bonchev–Trinajstić information content (AvgIpc) is 2.75. The highest BCUT2D eigenvalue weighted by atomic mass is 35.5. The van der Waals surface area contributed by atoms with E-state index >= 15 is 0 Å². The SMILES string of the molecule is C[S+]([O-])CCN(CCNc1ccc(Cl)c(C(=O)NCC23CCCC(CCC2)C3)c1)C(=O)O.[CH2]. The Hall–Kier alpha value is -1.64. The first-order valence-electron chi connectivity index (χ1n) is 11.4. The Kier molecular flexibility index (Phi) is 10.6. The van der Waals surface area contributed by atoms with Gasteiger partial charge in [-0.05, 0) is 48.8 Å². The third-order valence-corrected chi connectivity index (χ3v) is 7.91. The van der Waals surface area contributed by atoms with Gasteiger partial charge in [0.15, 0.2) is 0 Å². The molecule has 3 N–H and O–H groups in total. The molecule has 1 unspecified atom stereocenters. The predicted octanol–water partition coefficient (Wildman–Crippen LogP) is 4.53. The Morgan fingerprint density at radius 2 is 1.97 bits per heavy atom. The zero-order valence-electron chi connectivity index (χ0n) is 19.4. The Morgan fingerprint density at radius 3 is 2.61 bits per heavy atom. The number of carboxylic acid groups (broad SMARTS) is 1. The molecule has 2 amide bonds. The summed E-state index contributed by atoms with van der Waals surface area (Å²) in [5, 5.41) is 16.0. The van der Waals surface area contributed by atoms with Gasteiger partial charge in [-0.25, -0.2) is 4.79 Å². The van der Waals surface area contributed by atoms with Gasteiger partial charge in [-0.15, -0.1) is 0 Å². The molecule has 184 valence electrons. The highest BCUT2D eigenvalue weighted by molar-refractivity contribution is 7.90. The Morgan fingerprint density at radius 1 is 1.27 bits per heavy atom. The summed E-state index contributed by atoms with van der Waals surface area (Å²) in [6.07, 6.45) is 9.25. The van der Waals surface area contributed by atoms with Gasteiger partial charge in [0.25, 0.3) is 5.91 Å². The number of amides is 2. The second kappa shape index (κ2) is 12.7. The van der Waals surface area contributed by atoms with Crippen molar-refractivity contribution in [2.24, 2.45) is 11.3 Å². The molecule has 2 aliphatic rings. The summed E-state index contributed by atoms with van der Waals surface area (Å²) in [7, 11) is 0. The Bertz CT molecular complexity index is 798. The van der Waals surface area contributed by atoms with Gasteiger partial charge in [0.2, 0.25) is 0 Å². The fourth-order valence-electron chi connectivity index (χ4n) is 5.12. The minimum Gasteiger partial charge on any atom is -0.617 e. The average molecular weight is 498 g/mol. The number of benzene rings is 1. The monoisotopic (exact) mass is 497 g/mol. The lowest BCUT2D eigenvalue weighted by Crippen LogP contribution is -2.43. The molecule has 2 saturated carbocycles. The van der Waals surface area contributed by atoms with Crippen LogP contribution in [0, 0.1) is 18.8 Å². The molecule has 0 heterocycles. The van der Waals surface area contributed by atoms with Gasteiger partial charge in [0.05, 0.1) is 23.4 Å². The van der Waals surface area contributed by atoms with Crippen molar-refractivity contribution in [2.45, 2.75) is 44.9 Å². The van der Waals surface area contributed by atoms with Crippen molar-refractivity contribution in [2.75, 3.05) is 43.5 Å². The van der Waals surface area contributed by atoms with Crippen molar-refractivity contribution < 1.29 is 19.2 Å². The van der Waals surface area contributed by atoms with Crippen LogP contribution in [0.1, 0.15) is 55.3 Å². The molecular formula is C24H36ClN3O4S. The Balaban J connectivity index is 0.00000385. The number of halogens is 1. The maximum absolute atomic E-state index is 12.9. The Labute approximate surface area is 205 Å². The van der Waals surface area contributed by atoms with Gasteiger partial charge in [-0.1, -0.05) is 55.9 Å². The summed E-state index contributed by atoms with van der Waals surface area (Å²) >= 11 is 5.26. The first-order chi connectivity index (χ1) is 15.3. The zero-order chi connectivity index (χ0) is 23.1. The molecular weight excluding hydrogens is 462 g/mol. The van der Waals surface area contributed by atoms with Gasteiger partial charge in [-0.3, -0.25) is 4.79 Å². The standard InChI is InChI=1S/C23H34ClN3O4S.CH2/c1-32(31)13-12-27(22(29)30)11-10-25-18-6-7-20(24)19(14-18)21(28)26-16-23-8-2-4-17(15-23)5-3-9-23;/h6-7,14,17,25H,2-5,8-13,15-16H2,1H3,(H,26,28)(H,29,30);1H2. The van der Waals surface area contributed by atoms with Crippen LogP contribution < -0.4 is 10.6 Å². The molecule has 1 aromatic rings. The number of anilines is 1. The van der Waals surface area contributed by atoms with Gasteiger partial charge in [0.1, 0.15) is 5.75 Å². The number of rotatable bonds is 10. The molecule has 0 saturated heterocycles.